The number of rotatable bonds is 6. The highest BCUT2D eigenvalue weighted by Gasteiger charge is 2.06. The minimum absolute atomic E-state index is 0.109. The summed E-state index contributed by atoms with van der Waals surface area (Å²) in [6.07, 6.45) is 1.99. The molecule has 0 aliphatic carbocycles. The van der Waals surface area contributed by atoms with E-state index in [-0.39, 0.29) is 12.3 Å². The van der Waals surface area contributed by atoms with Crippen molar-refractivity contribution in [2.75, 3.05) is 17.7 Å². The molecule has 0 bridgehead atoms. The lowest BCUT2D eigenvalue weighted by Gasteiger charge is -2.10. The van der Waals surface area contributed by atoms with E-state index in [4.69, 9.17) is 4.74 Å². The molecule has 1 heterocycles. The monoisotopic (exact) mass is 347 g/mol. The van der Waals surface area contributed by atoms with Crippen LogP contribution < -0.4 is 15.4 Å². The number of carbonyl (C=O) groups is 1. The van der Waals surface area contributed by atoms with E-state index >= 15 is 0 Å². The number of nitrogens with zero attached hydrogens (tertiary/aromatic N) is 1. The molecule has 0 atom stereocenters. The van der Waals surface area contributed by atoms with Crippen molar-refractivity contribution in [2.45, 2.75) is 13.3 Å². The number of nitrogens with one attached hydrogen (secondary N) is 2. The molecule has 2 aromatic carbocycles. The van der Waals surface area contributed by atoms with Gasteiger partial charge in [0.15, 0.2) is 0 Å². The molecule has 0 unspecified atom stereocenters. The van der Waals surface area contributed by atoms with E-state index in [0.717, 1.165) is 28.3 Å². The Morgan fingerprint density at radius 1 is 1.04 bits per heavy atom. The van der Waals surface area contributed by atoms with Gasteiger partial charge in [-0.25, -0.2) is 4.98 Å². The number of hydrogen-bond acceptors (Lipinski definition) is 4. The van der Waals surface area contributed by atoms with E-state index < -0.39 is 0 Å². The minimum atomic E-state index is -0.109. The molecule has 2 N–H and O–H groups in total. The van der Waals surface area contributed by atoms with Crippen LogP contribution in [-0.2, 0) is 11.2 Å². The van der Waals surface area contributed by atoms with Gasteiger partial charge < -0.3 is 15.4 Å². The summed E-state index contributed by atoms with van der Waals surface area (Å²) >= 11 is 0. The molecular formula is C21H21N3O2. The predicted molar refractivity (Wildman–Crippen MR) is 104 cm³/mol. The second-order valence-electron chi connectivity index (χ2n) is 5.95. The number of aromatic nitrogens is 1. The molecule has 132 valence electrons. The third-order valence-electron chi connectivity index (χ3n) is 3.98. The van der Waals surface area contributed by atoms with Crippen LogP contribution in [0.15, 0.2) is 66.9 Å². The maximum absolute atomic E-state index is 12.2. The second kappa shape index (κ2) is 8.16. The van der Waals surface area contributed by atoms with Gasteiger partial charge in [-0.1, -0.05) is 30.3 Å². The van der Waals surface area contributed by atoms with E-state index in [9.17, 15) is 4.79 Å². The Kier molecular flexibility index (Phi) is 5.49. The number of pyridine rings is 1. The molecule has 3 rings (SSSR count). The average molecular weight is 347 g/mol. The van der Waals surface area contributed by atoms with Crippen LogP contribution in [0.25, 0.3) is 0 Å². The minimum Gasteiger partial charge on any atom is -0.497 e. The van der Waals surface area contributed by atoms with E-state index in [1.54, 1.807) is 19.4 Å². The second-order valence-corrected chi connectivity index (χ2v) is 5.95. The Hall–Kier alpha value is -3.34. The van der Waals surface area contributed by atoms with Gasteiger partial charge in [-0.3, -0.25) is 4.79 Å². The van der Waals surface area contributed by atoms with Crippen LogP contribution in [0.4, 0.5) is 17.2 Å². The zero-order valence-corrected chi connectivity index (χ0v) is 14.8. The Morgan fingerprint density at radius 2 is 1.81 bits per heavy atom. The number of hydrogen-bond donors (Lipinski definition) is 2. The number of methoxy groups -OCH3 is 1. The molecule has 0 aliphatic rings. The molecule has 0 radical (unpaired) electrons. The number of aryl methyl sites for hydroxylation is 1. The molecule has 0 fully saturated rings. The van der Waals surface area contributed by atoms with Crippen LogP contribution in [0.1, 0.15) is 11.1 Å². The van der Waals surface area contributed by atoms with Crippen LogP contribution in [0.2, 0.25) is 0 Å². The van der Waals surface area contributed by atoms with E-state index in [1.807, 2.05) is 61.5 Å². The van der Waals surface area contributed by atoms with Crippen molar-refractivity contribution >= 4 is 23.1 Å². The van der Waals surface area contributed by atoms with Gasteiger partial charge >= 0.3 is 0 Å². The zero-order valence-electron chi connectivity index (χ0n) is 14.8. The number of amides is 1. The molecule has 0 aliphatic heterocycles. The van der Waals surface area contributed by atoms with Gasteiger partial charge in [-0.15, -0.1) is 0 Å². The summed E-state index contributed by atoms with van der Waals surface area (Å²) in [5.41, 5.74) is 3.98. The number of ether oxygens (including phenoxy) is 1. The summed E-state index contributed by atoms with van der Waals surface area (Å²) in [6.45, 7) is 2.05. The molecule has 3 aromatic rings. The van der Waals surface area contributed by atoms with Crippen molar-refractivity contribution in [3.05, 3.63) is 78.0 Å². The highest BCUT2D eigenvalue weighted by Crippen LogP contribution is 2.20. The van der Waals surface area contributed by atoms with Gasteiger partial charge in [0, 0.05) is 5.69 Å². The van der Waals surface area contributed by atoms with E-state index in [2.05, 4.69) is 15.6 Å². The summed E-state index contributed by atoms with van der Waals surface area (Å²) in [6, 6.07) is 19.1. The molecule has 5 nitrogen and oxygen atoms in total. The average Bonchev–Trinajstić information content (AvgIpc) is 2.66. The van der Waals surface area contributed by atoms with E-state index in [0.29, 0.717) is 5.82 Å². The largest absolute Gasteiger partial charge is 0.497 e. The first-order chi connectivity index (χ1) is 12.6. The smallest absolute Gasteiger partial charge is 0.229 e. The third-order valence-corrected chi connectivity index (χ3v) is 3.98. The predicted octanol–water partition coefficient (Wildman–Crippen LogP) is 4.32. The number of anilines is 3. The van der Waals surface area contributed by atoms with Crippen molar-refractivity contribution < 1.29 is 9.53 Å². The molecule has 0 spiro atoms. The third kappa shape index (κ3) is 4.60. The Balaban J connectivity index is 1.58. The SMILES string of the molecule is COc1ccc(CC(=O)Nc2ccc(Nc3ccccc3C)cn2)cc1. The quantitative estimate of drug-likeness (QED) is 0.697. The summed E-state index contributed by atoms with van der Waals surface area (Å²) in [5.74, 6) is 1.19. The fraction of sp³-hybridized carbons (Fsp3) is 0.143. The lowest BCUT2D eigenvalue weighted by molar-refractivity contribution is -0.115. The van der Waals surface area contributed by atoms with Crippen molar-refractivity contribution in [3.63, 3.8) is 0 Å². The summed E-state index contributed by atoms with van der Waals surface area (Å²) in [7, 11) is 1.62. The van der Waals surface area contributed by atoms with Crippen LogP contribution in [-0.4, -0.2) is 18.0 Å². The van der Waals surface area contributed by atoms with Gasteiger partial charge in [0.1, 0.15) is 11.6 Å². The van der Waals surface area contributed by atoms with Crippen molar-refractivity contribution in [3.8, 4) is 5.75 Å². The van der Waals surface area contributed by atoms with Crippen LogP contribution in [0, 0.1) is 6.92 Å². The van der Waals surface area contributed by atoms with Gasteiger partial charge in [0.25, 0.3) is 0 Å². The first kappa shape index (κ1) is 17.5. The Bertz CT molecular complexity index is 875. The van der Waals surface area contributed by atoms with Gasteiger partial charge in [-0.05, 0) is 48.4 Å². The van der Waals surface area contributed by atoms with E-state index in [1.165, 1.54) is 0 Å². The van der Waals surface area contributed by atoms with Crippen LogP contribution in [0.3, 0.4) is 0 Å². The lowest BCUT2D eigenvalue weighted by atomic mass is 10.1. The van der Waals surface area contributed by atoms with Crippen LogP contribution >= 0.6 is 0 Å². The Morgan fingerprint density at radius 3 is 2.46 bits per heavy atom. The van der Waals surface area contributed by atoms with Gasteiger partial charge in [0.2, 0.25) is 5.91 Å². The highest BCUT2D eigenvalue weighted by molar-refractivity contribution is 5.91. The fourth-order valence-corrected chi connectivity index (χ4v) is 2.53. The number of benzene rings is 2. The number of para-hydroxylation sites is 1. The highest BCUT2D eigenvalue weighted by atomic mass is 16.5. The number of carbonyl (C=O) groups excluding carboxylic acids is 1. The molecule has 0 saturated carbocycles. The van der Waals surface area contributed by atoms with Crippen molar-refractivity contribution in [2.24, 2.45) is 0 Å². The summed E-state index contributed by atoms with van der Waals surface area (Å²) in [4.78, 5) is 16.5. The summed E-state index contributed by atoms with van der Waals surface area (Å²) in [5, 5.41) is 6.13. The normalized spacial score (nSPS) is 10.2. The fourth-order valence-electron chi connectivity index (χ4n) is 2.53. The molecule has 1 amide bonds. The Labute approximate surface area is 153 Å². The molecular weight excluding hydrogens is 326 g/mol. The standard InChI is InChI=1S/C21H21N3O2/c1-15-5-3-4-6-19(15)23-17-9-12-20(22-14-17)24-21(25)13-16-7-10-18(26-2)11-8-16/h3-12,14,23H,13H2,1-2H3,(H,22,24,25). The summed E-state index contributed by atoms with van der Waals surface area (Å²) < 4.78 is 5.11. The first-order valence-corrected chi connectivity index (χ1v) is 8.35. The topological polar surface area (TPSA) is 63.2 Å². The van der Waals surface area contributed by atoms with Crippen molar-refractivity contribution in [1.82, 2.24) is 4.98 Å². The zero-order chi connectivity index (χ0) is 18.4. The molecule has 0 saturated heterocycles. The van der Waals surface area contributed by atoms with Gasteiger partial charge in [0.05, 0.1) is 25.4 Å². The van der Waals surface area contributed by atoms with Crippen LogP contribution in [0.5, 0.6) is 5.75 Å². The first-order valence-electron chi connectivity index (χ1n) is 8.35. The molecule has 26 heavy (non-hydrogen) atoms. The lowest BCUT2D eigenvalue weighted by Crippen LogP contribution is -2.15. The maximum atomic E-state index is 12.2. The maximum Gasteiger partial charge on any atom is 0.229 e. The van der Waals surface area contributed by atoms with Gasteiger partial charge in [-0.2, -0.15) is 0 Å². The molecule has 5 heteroatoms. The molecule has 1 aromatic heterocycles. The van der Waals surface area contributed by atoms with Crippen molar-refractivity contribution in [1.29, 1.82) is 0 Å².